The lowest BCUT2D eigenvalue weighted by atomic mass is 10.2. The zero-order chi connectivity index (χ0) is 11.4. The van der Waals surface area contributed by atoms with E-state index in [9.17, 15) is 4.39 Å². The third-order valence-electron chi connectivity index (χ3n) is 2.52. The second kappa shape index (κ2) is 4.94. The number of nitrogens with zero attached hydrogens (tertiary/aromatic N) is 1. The fourth-order valence-electron chi connectivity index (χ4n) is 1.78. The van der Waals surface area contributed by atoms with Gasteiger partial charge in [-0.3, -0.25) is 0 Å². The minimum atomic E-state index is -0.181. The van der Waals surface area contributed by atoms with Crippen LogP contribution in [-0.4, -0.2) is 11.6 Å². The maximum absolute atomic E-state index is 13.0. The van der Waals surface area contributed by atoms with Crippen LogP contribution in [0.4, 0.5) is 4.39 Å². The standard InChI is InChI=1S/C13H15FN2/c1-15-9-13-6-3-7-16(13)10-11-4-2-5-12(14)8-11/h2-8,15H,9-10H2,1H3. The van der Waals surface area contributed by atoms with Gasteiger partial charge in [-0.2, -0.15) is 0 Å². The van der Waals surface area contributed by atoms with Crippen molar-refractivity contribution >= 4 is 0 Å². The number of rotatable bonds is 4. The van der Waals surface area contributed by atoms with Crippen molar-refractivity contribution in [1.29, 1.82) is 0 Å². The van der Waals surface area contributed by atoms with Gasteiger partial charge in [-0.05, 0) is 36.9 Å². The highest BCUT2D eigenvalue weighted by Crippen LogP contribution is 2.09. The van der Waals surface area contributed by atoms with Crippen molar-refractivity contribution < 1.29 is 4.39 Å². The van der Waals surface area contributed by atoms with Gasteiger partial charge in [0.15, 0.2) is 0 Å². The first-order valence-electron chi connectivity index (χ1n) is 5.32. The Morgan fingerprint density at radius 1 is 1.25 bits per heavy atom. The molecule has 0 bridgehead atoms. The third kappa shape index (κ3) is 2.49. The molecule has 0 aliphatic carbocycles. The molecule has 3 heteroatoms. The fourth-order valence-corrected chi connectivity index (χ4v) is 1.78. The van der Waals surface area contributed by atoms with Gasteiger partial charge >= 0.3 is 0 Å². The maximum atomic E-state index is 13.0. The molecule has 1 N–H and O–H groups in total. The molecule has 0 saturated heterocycles. The number of halogens is 1. The van der Waals surface area contributed by atoms with Gasteiger partial charge in [-0.25, -0.2) is 4.39 Å². The van der Waals surface area contributed by atoms with E-state index in [1.165, 1.54) is 11.8 Å². The molecule has 1 aromatic carbocycles. The number of hydrogen-bond acceptors (Lipinski definition) is 1. The van der Waals surface area contributed by atoms with E-state index in [0.717, 1.165) is 12.1 Å². The number of benzene rings is 1. The van der Waals surface area contributed by atoms with Crippen molar-refractivity contribution in [3.63, 3.8) is 0 Å². The van der Waals surface area contributed by atoms with Crippen LogP contribution in [0.25, 0.3) is 0 Å². The summed E-state index contributed by atoms with van der Waals surface area (Å²) in [6.07, 6.45) is 2.01. The van der Waals surface area contributed by atoms with E-state index < -0.39 is 0 Å². The average molecular weight is 218 g/mol. The molecule has 1 heterocycles. The Labute approximate surface area is 94.7 Å². The molecule has 0 amide bonds. The average Bonchev–Trinajstić information content (AvgIpc) is 2.66. The highest BCUT2D eigenvalue weighted by molar-refractivity contribution is 5.18. The van der Waals surface area contributed by atoms with E-state index in [0.29, 0.717) is 6.54 Å². The monoisotopic (exact) mass is 218 g/mol. The summed E-state index contributed by atoms with van der Waals surface area (Å²) < 4.78 is 15.1. The first-order valence-corrected chi connectivity index (χ1v) is 5.32. The predicted molar refractivity (Wildman–Crippen MR) is 62.7 cm³/mol. The lowest BCUT2D eigenvalue weighted by molar-refractivity contribution is 0.621. The summed E-state index contributed by atoms with van der Waals surface area (Å²) in [4.78, 5) is 0. The Balaban J connectivity index is 2.17. The van der Waals surface area contributed by atoms with Crippen LogP contribution in [0.1, 0.15) is 11.3 Å². The minimum absolute atomic E-state index is 0.181. The lowest BCUT2D eigenvalue weighted by Gasteiger charge is -2.09. The summed E-state index contributed by atoms with van der Waals surface area (Å²) in [5, 5.41) is 3.11. The van der Waals surface area contributed by atoms with Crippen LogP contribution in [0.15, 0.2) is 42.6 Å². The van der Waals surface area contributed by atoms with Crippen molar-refractivity contribution in [3.8, 4) is 0 Å². The Kier molecular flexibility index (Phi) is 3.37. The molecule has 0 aliphatic heterocycles. The molecule has 0 fully saturated rings. The molecule has 0 unspecified atom stereocenters. The first-order chi connectivity index (χ1) is 7.79. The predicted octanol–water partition coefficient (Wildman–Crippen LogP) is 2.39. The highest BCUT2D eigenvalue weighted by atomic mass is 19.1. The number of hydrogen-bond donors (Lipinski definition) is 1. The second-order valence-corrected chi connectivity index (χ2v) is 3.79. The molecular weight excluding hydrogens is 203 g/mol. The van der Waals surface area contributed by atoms with Gasteiger partial charge in [-0.1, -0.05) is 12.1 Å². The van der Waals surface area contributed by atoms with Gasteiger partial charge in [0.25, 0.3) is 0 Å². The zero-order valence-electron chi connectivity index (χ0n) is 9.28. The van der Waals surface area contributed by atoms with Gasteiger partial charge in [0, 0.05) is 25.0 Å². The van der Waals surface area contributed by atoms with Gasteiger partial charge in [-0.15, -0.1) is 0 Å². The molecule has 2 nitrogen and oxygen atoms in total. The fraction of sp³-hybridized carbons (Fsp3) is 0.231. The van der Waals surface area contributed by atoms with Gasteiger partial charge in [0.1, 0.15) is 5.82 Å². The van der Waals surface area contributed by atoms with E-state index in [-0.39, 0.29) is 5.82 Å². The maximum Gasteiger partial charge on any atom is 0.123 e. The molecule has 2 rings (SSSR count). The summed E-state index contributed by atoms with van der Waals surface area (Å²) in [6.45, 7) is 1.53. The quantitative estimate of drug-likeness (QED) is 0.833. The van der Waals surface area contributed by atoms with E-state index >= 15 is 0 Å². The Bertz CT molecular complexity index is 462. The molecular formula is C13H15FN2. The summed E-state index contributed by atoms with van der Waals surface area (Å²) in [6, 6.07) is 10.8. The molecule has 2 aromatic rings. The summed E-state index contributed by atoms with van der Waals surface area (Å²) >= 11 is 0. The molecule has 0 atom stereocenters. The van der Waals surface area contributed by atoms with E-state index in [2.05, 4.69) is 16.0 Å². The molecule has 16 heavy (non-hydrogen) atoms. The van der Waals surface area contributed by atoms with Crippen molar-refractivity contribution in [2.45, 2.75) is 13.1 Å². The molecule has 84 valence electrons. The lowest BCUT2D eigenvalue weighted by Crippen LogP contribution is -2.11. The molecule has 0 aliphatic rings. The summed E-state index contributed by atoms with van der Waals surface area (Å²) in [5.74, 6) is -0.181. The normalized spacial score (nSPS) is 10.6. The van der Waals surface area contributed by atoms with Crippen LogP contribution >= 0.6 is 0 Å². The molecule has 0 radical (unpaired) electrons. The van der Waals surface area contributed by atoms with Crippen LogP contribution in [0.5, 0.6) is 0 Å². The highest BCUT2D eigenvalue weighted by Gasteiger charge is 2.01. The number of aromatic nitrogens is 1. The van der Waals surface area contributed by atoms with E-state index in [1.807, 2.05) is 25.4 Å². The largest absolute Gasteiger partial charge is 0.346 e. The van der Waals surface area contributed by atoms with Crippen LogP contribution in [0.2, 0.25) is 0 Å². The van der Waals surface area contributed by atoms with Crippen molar-refractivity contribution in [1.82, 2.24) is 9.88 Å². The Hall–Kier alpha value is -1.61. The van der Waals surface area contributed by atoms with Crippen molar-refractivity contribution in [3.05, 3.63) is 59.7 Å². The molecule has 0 saturated carbocycles. The van der Waals surface area contributed by atoms with Crippen LogP contribution in [0.3, 0.4) is 0 Å². The SMILES string of the molecule is CNCc1cccn1Cc1cccc(F)c1. The van der Waals surface area contributed by atoms with Gasteiger partial charge < -0.3 is 9.88 Å². The molecule has 0 spiro atoms. The summed E-state index contributed by atoms with van der Waals surface area (Å²) in [5.41, 5.74) is 2.18. The van der Waals surface area contributed by atoms with Gasteiger partial charge in [0.2, 0.25) is 0 Å². The third-order valence-corrected chi connectivity index (χ3v) is 2.52. The van der Waals surface area contributed by atoms with E-state index in [1.54, 1.807) is 12.1 Å². The van der Waals surface area contributed by atoms with Crippen LogP contribution < -0.4 is 5.32 Å². The zero-order valence-corrected chi connectivity index (χ0v) is 9.28. The topological polar surface area (TPSA) is 17.0 Å². The van der Waals surface area contributed by atoms with Crippen molar-refractivity contribution in [2.75, 3.05) is 7.05 Å². The second-order valence-electron chi connectivity index (χ2n) is 3.79. The first kappa shape index (κ1) is 10.9. The van der Waals surface area contributed by atoms with Gasteiger partial charge in [0.05, 0.1) is 0 Å². The minimum Gasteiger partial charge on any atom is -0.346 e. The Morgan fingerprint density at radius 3 is 2.88 bits per heavy atom. The van der Waals surface area contributed by atoms with E-state index in [4.69, 9.17) is 0 Å². The Morgan fingerprint density at radius 2 is 2.12 bits per heavy atom. The van der Waals surface area contributed by atoms with Crippen molar-refractivity contribution in [2.24, 2.45) is 0 Å². The number of nitrogens with one attached hydrogen (secondary N) is 1. The van der Waals surface area contributed by atoms with Crippen LogP contribution in [-0.2, 0) is 13.1 Å². The molecule has 1 aromatic heterocycles. The van der Waals surface area contributed by atoms with Crippen LogP contribution in [0, 0.1) is 5.82 Å². The summed E-state index contributed by atoms with van der Waals surface area (Å²) in [7, 11) is 1.92. The smallest absolute Gasteiger partial charge is 0.123 e.